The van der Waals surface area contributed by atoms with Gasteiger partial charge < -0.3 is 14.7 Å². The zero-order chi connectivity index (χ0) is 22.9. The lowest BCUT2D eigenvalue weighted by molar-refractivity contribution is 0.0952. The number of phenolic OH excluding ortho intramolecular Hbond substituents is 1. The van der Waals surface area contributed by atoms with Gasteiger partial charge in [-0.05, 0) is 78.4 Å². The van der Waals surface area contributed by atoms with E-state index in [4.69, 9.17) is 4.74 Å². The van der Waals surface area contributed by atoms with Crippen LogP contribution in [0.3, 0.4) is 0 Å². The molecule has 0 aliphatic carbocycles. The van der Waals surface area contributed by atoms with Crippen molar-refractivity contribution >= 4 is 40.4 Å². The number of phenols is 1. The van der Waals surface area contributed by atoms with E-state index in [1.165, 1.54) is 15.7 Å². The summed E-state index contributed by atoms with van der Waals surface area (Å²) in [5, 5.41) is 13.9. The van der Waals surface area contributed by atoms with E-state index in [1.807, 2.05) is 42.5 Å². The molecule has 0 saturated carbocycles. The fourth-order valence-corrected chi connectivity index (χ4v) is 3.53. The Kier molecular flexibility index (Phi) is 8.49. The number of para-hydroxylation sites is 1. The fraction of sp³-hybridized carbons (Fsp3) is 0.200. The molecule has 32 heavy (non-hydrogen) atoms. The average molecular weight is 543 g/mol. The number of hydrazone groups is 1. The molecule has 6 nitrogen and oxygen atoms in total. The van der Waals surface area contributed by atoms with Crippen molar-refractivity contribution < 1.29 is 14.6 Å². The highest BCUT2D eigenvalue weighted by molar-refractivity contribution is 14.1. The summed E-state index contributed by atoms with van der Waals surface area (Å²) >= 11 is 2.27. The first-order valence-corrected chi connectivity index (χ1v) is 11.5. The minimum Gasteiger partial charge on any atom is -0.507 e. The average Bonchev–Trinajstić information content (AvgIpc) is 2.80. The van der Waals surface area contributed by atoms with E-state index in [1.54, 1.807) is 18.3 Å². The van der Waals surface area contributed by atoms with Crippen LogP contribution in [-0.4, -0.2) is 30.3 Å². The minimum atomic E-state index is -0.486. The summed E-state index contributed by atoms with van der Waals surface area (Å²) in [6.45, 7) is 6.41. The summed E-state index contributed by atoms with van der Waals surface area (Å²) in [5.74, 6) is 0.0966. The van der Waals surface area contributed by atoms with E-state index in [2.05, 4.69) is 51.9 Å². The Balaban J connectivity index is 1.79. The summed E-state index contributed by atoms with van der Waals surface area (Å²) in [4.78, 5) is 14.5. The molecule has 1 amide bonds. The molecular weight excluding hydrogens is 517 g/mol. The van der Waals surface area contributed by atoms with Crippen molar-refractivity contribution in [1.82, 2.24) is 5.43 Å². The van der Waals surface area contributed by atoms with Crippen LogP contribution in [0.1, 0.15) is 35.3 Å². The molecule has 2 N–H and O–H groups in total. The molecule has 0 spiro atoms. The number of nitrogens with zero attached hydrogens (tertiary/aromatic N) is 2. The molecule has 0 radical (unpaired) electrons. The van der Waals surface area contributed by atoms with E-state index in [9.17, 15) is 9.90 Å². The van der Waals surface area contributed by atoms with E-state index < -0.39 is 5.91 Å². The monoisotopic (exact) mass is 543 g/mol. The van der Waals surface area contributed by atoms with Gasteiger partial charge in [-0.15, -0.1) is 0 Å². The van der Waals surface area contributed by atoms with E-state index >= 15 is 0 Å². The molecule has 3 aromatic rings. The van der Waals surface area contributed by atoms with E-state index in [-0.39, 0.29) is 11.3 Å². The molecule has 0 aliphatic rings. The Hall–Kier alpha value is -3.07. The van der Waals surface area contributed by atoms with Crippen LogP contribution in [0.4, 0.5) is 5.69 Å². The molecule has 0 saturated heterocycles. The Morgan fingerprint density at radius 3 is 2.50 bits per heavy atom. The number of rotatable bonds is 9. The molecule has 0 heterocycles. The number of hydrogen-bond donors (Lipinski definition) is 2. The quantitative estimate of drug-likeness (QED) is 0.222. The summed E-state index contributed by atoms with van der Waals surface area (Å²) < 4.78 is 7.30. The highest BCUT2D eigenvalue weighted by Gasteiger charge is 2.11. The number of ether oxygens (including phenoxy) is 1. The lowest BCUT2D eigenvalue weighted by atomic mass is 10.1. The van der Waals surface area contributed by atoms with Crippen molar-refractivity contribution in [3.63, 3.8) is 0 Å². The molecule has 0 atom stereocenters. The highest BCUT2D eigenvalue weighted by Crippen LogP contribution is 2.26. The predicted molar refractivity (Wildman–Crippen MR) is 137 cm³/mol. The highest BCUT2D eigenvalue weighted by atomic mass is 127. The van der Waals surface area contributed by atoms with Crippen molar-refractivity contribution in [1.29, 1.82) is 0 Å². The van der Waals surface area contributed by atoms with Gasteiger partial charge >= 0.3 is 0 Å². The van der Waals surface area contributed by atoms with Crippen molar-refractivity contribution in [3.05, 3.63) is 87.0 Å². The molecule has 3 rings (SSSR count). The lowest BCUT2D eigenvalue weighted by Gasteiger charge is -2.22. The van der Waals surface area contributed by atoms with Crippen LogP contribution in [0.5, 0.6) is 11.5 Å². The molecule has 0 unspecified atom stereocenters. The third-order valence-electron chi connectivity index (χ3n) is 4.95. The summed E-state index contributed by atoms with van der Waals surface area (Å²) in [6.07, 6.45) is 1.55. The van der Waals surface area contributed by atoms with Gasteiger partial charge in [0.15, 0.2) is 0 Å². The maximum atomic E-state index is 12.3. The number of halogens is 1. The zero-order valence-corrected chi connectivity index (χ0v) is 20.2. The van der Waals surface area contributed by atoms with Crippen LogP contribution in [0, 0.1) is 3.57 Å². The molecule has 0 fully saturated rings. The summed E-state index contributed by atoms with van der Waals surface area (Å²) in [5.41, 5.74) is 5.48. The van der Waals surface area contributed by atoms with Crippen LogP contribution in [0.2, 0.25) is 0 Å². The largest absolute Gasteiger partial charge is 0.507 e. The number of anilines is 1. The molecule has 7 heteroatoms. The Bertz CT molecular complexity index is 1080. The van der Waals surface area contributed by atoms with Gasteiger partial charge in [0.2, 0.25) is 0 Å². The Labute approximate surface area is 202 Å². The lowest BCUT2D eigenvalue weighted by Crippen LogP contribution is -2.21. The number of carbonyl (C=O) groups is 1. The van der Waals surface area contributed by atoms with Crippen molar-refractivity contribution in [3.8, 4) is 11.5 Å². The van der Waals surface area contributed by atoms with Crippen LogP contribution in [0.15, 0.2) is 71.8 Å². The summed E-state index contributed by atoms with van der Waals surface area (Å²) in [6, 6.07) is 20.4. The number of hydrogen-bond acceptors (Lipinski definition) is 5. The summed E-state index contributed by atoms with van der Waals surface area (Å²) in [7, 11) is 0. The Morgan fingerprint density at radius 2 is 1.81 bits per heavy atom. The predicted octanol–water partition coefficient (Wildman–Crippen LogP) is 5.19. The first kappa shape index (κ1) is 23.6. The van der Waals surface area contributed by atoms with Crippen LogP contribution >= 0.6 is 22.6 Å². The van der Waals surface area contributed by atoms with Crippen LogP contribution < -0.4 is 15.1 Å². The second kappa shape index (κ2) is 11.5. The van der Waals surface area contributed by atoms with Gasteiger partial charge in [0.05, 0.1) is 11.8 Å². The van der Waals surface area contributed by atoms with Gasteiger partial charge in [-0.1, -0.05) is 24.3 Å². The SMILES string of the molecule is CCN(CC)c1ccc(/C=N/NC(=O)c2ccccc2O)c(OCc2ccc(I)cc2)c1. The molecule has 3 aromatic carbocycles. The maximum absolute atomic E-state index is 12.3. The van der Waals surface area contributed by atoms with E-state index in [0.717, 1.165) is 29.9 Å². The Morgan fingerprint density at radius 1 is 1.09 bits per heavy atom. The molecule has 0 bridgehead atoms. The third-order valence-corrected chi connectivity index (χ3v) is 5.67. The number of nitrogens with one attached hydrogen (secondary N) is 1. The molecule has 0 aromatic heterocycles. The number of benzene rings is 3. The standard InChI is InChI=1S/C25H26IN3O3/c1-3-29(4-2)21-14-11-19(16-27-28-25(31)22-7-5-6-8-23(22)30)24(15-21)32-17-18-9-12-20(26)13-10-18/h5-16,30H,3-4,17H2,1-2H3,(H,28,31)/b27-16+. The van der Waals surface area contributed by atoms with Crippen molar-refractivity contribution in [2.45, 2.75) is 20.5 Å². The maximum Gasteiger partial charge on any atom is 0.275 e. The number of aromatic hydroxyl groups is 1. The third kappa shape index (κ3) is 6.23. The number of carbonyl (C=O) groups excluding carboxylic acids is 1. The normalized spacial score (nSPS) is 10.8. The molecule has 166 valence electrons. The van der Waals surface area contributed by atoms with Crippen LogP contribution in [-0.2, 0) is 6.61 Å². The zero-order valence-electron chi connectivity index (χ0n) is 18.1. The second-order valence-corrected chi connectivity index (χ2v) is 8.27. The van der Waals surface area contributed by atoms with Crippen molar-refractivity contribution in [2.75, 3.05) is 18.0 Å². The second-order valence-electron chi connectivity index (χ2n) is 7.03. The van der Waals surface area contributed by atoms with Gasteiger partial charge in [-0.25, -0.2) is 5.43 Å². The molecule has 0 aliphatic heterocycles. The van der Waals surface area contributed by atoms with Gasteiger partial charge in [0.25, 0.3) is 5.91 Å². The topological polar surface area (TPSA) is 74.2 Å². The minimum absolute atomic E-state index is 0.0923. The van der Waals surface area contributed by atoms with E-state index in [0.29, 0.717) is 12.4 Å². The van der Waals surface area contributed by atoms with Gasteiger partial charge in [-0.2, -0.15) is 5.10 Å². The van der Waals surface area contributed by atoms with Crippen molar-refractivity contribution in [2.24, 2.45) is 5.10 Å². The molecular formula is C25H26IN3O3. The van der Waals surface area contributed by atoms with Gasteiger partial charge in [-0.3, -0.25) is 4.79 Å². The first-order valence-electron chi connectivity index (χ1n) is 10.4. The fourth-order valence-electron chi connectivity index (χ4n) is 3.17. The smallest absolute Gasteiger partial charge is 0.275 e. The van der Waals surface area contributed by atoms with Gasteiger partial charge in [0.1, 0.15) is 18.1 Å². The number of amides is 1. The van der Waals surface area contributed by atoms with Gasteiger partial charge in [0, 0.05) is 34.0 Å². The first-order chi connectivity index (χ1) is 15.5. The van der Waals surface area contributed by atoms with Crippen LogP contribution in [0.25, 0.3) is 0 Å².